The average Bonchev–Trinajstić information content (AvgIpc) is 3.29. The lowest BCUT2D eigenvalue weighted by atomic mass is 10.1. The number of nitrogens with zero attached hydrogens (tertiary/aromatic N) is 3. The second-order valence-electron chi connectivity index (χ2n) is 6.61. The van der Waals surface area contributed by atoms with Crippen LogP contribution in [0.2, 0.25) is 5.02 Å². The number of hydrogen-bond acceptors (Lipinski definition) is 5. The maximum absolute atomic E-state index is 9.41. The summed E-state index contributed by atoms with van der Waals surface area (Å²) in [6.45, 7) is 0. The Hall–Kier alpha value is -2.94. The van der Waals surface area contributed by atoms with Crippen molar-refractivity contribution in [1.29, 1.82) is 5.26 Å². The number of ether oxygens (including phenoxy) is 1. The smallest absolute Gasteiger partial charge is 0.232 e. The number of rotatable bonds is 3. The van der Waals surface area contributed by atoms with Crippen molar-refractivity contribution in [3.63, 3.8) is 0 Å². The minimum Gasteiger partial charge on any atom is -0.437 e. The monoisotopic (exact) mass is 403 g/mol. The van der Waals surface area contributed by atoms with E-state index in [9.17, 15) is 5.26 Å². The zero-order chi connectivity index (χ0) is 19.1. The summed E-state index contributed by atoms with van der Waals surface area (Å²) in [4.78, 5) is 11.8. The number of aromatic nitrogens is 2. The summed E-state index contributed by atoms with van der Waals surface area (Å²) in [5, 5.41) is 11.1. The summed E-state index contributed by atoms with van der Waals surface area (Å²) in [6, 6.07) is 16.8. The molecule has 4 nitrogen and oxygen atoms in total. The third-order valence-corrected chi connectivity index (χ3v) is 6.29. The molecule has 0 radical (unpaired) electrons. The van der Waals surface area contributed by atoms with Crippen LogP contribution in [0, 0.1) is 11.3 Å². The molecule has 0 aliphatic heterocycles. The van der Waals surface area contributed by atoms with Gasteiger partial charge in [0.1, 0.15) is 16.6 Å². The van der Waals surface area contributed by atoms with E-state index in [4.69, 9.17) is 26.3 Å². The van der Waals surface area contributed by atoms with E-state index in [0.29, 0.717) is 28.0 Å². The van der Waals surface area contributed by atoms with Crippen molar-refractivity contribution >= 4 is 33.2 Å². The molecule has 136 valence electrons. The normalized spacial score (nSPS) is 12.7. The van der Waals surface area contributed by atoms with Gasteiger partial charge in [0.2, 0.25) is 5.88 Å². The van der Waals surface area contributed by atoms with Gasteiger partial charge in [0.25, 0.3) is 0 Å². The van der Waals surface area contributed by atoms with Gasteiger partial charge >= 0.3 is 0 Å². The molecule has 2 heterocycles. The Morgan fingerprint density at radius 1 is 1.04 bits per heavy atom. The van der Waals surface area contributed by atoms with Gasteiger partial charge in [-0.15, -0.1) is 11.3 Å². The lowest BCUT2D eigenvalue weighted by molar-refractivity contribution is 0.467. The van der Waals surface area contributed by atoms with Gasteiger partial charge in [-0.2, -0.15) is 10.2 Å². The number of fused-ring (bicyclic) bond motifs is 3. The molecule has 4 aromatic rings. The van der Waals surface area contributed by atoms with Gasteiger partial charge in [0.15, 0.2) is 5.82 Å². The van der Waals surface area contributed by atoms with Crippen molar-refractivity contribution in [2.45, 2.75) is 19.3 Å². The zero-order valence-electron chi connectivity index (χ0n) is 14.8. The Balaban J connectivity index is 1.71. The van der Waals surface area contributed by atoms with E-state index in [2.05, 4.69) is 6.07 Å². The van der Waals surface area contributed by atoms with Crippen molar-refractivity contribution in [2.75, 3.05) is 0 Å². The Bertz CT molecular complexity index is 1240. The van der Waals surface area contributed by atoms with Gasteiger partial charge in [0.05, 0.1) is 10.9 Å². The van der Waals surface area contributed by atoms with Crippen LogP contribution in [0.1, 0.15) is 22.4 Å². The Kier molecular flexibility index (Phi) is 4.23. The molecule has 0 N–H and O–H groups in total. The van der Waals surface area contributed by atoms with E-state index in [1.807, 2.05) is 36.4 Å². The van der Waals surface area contributed by atoms with Crippen LogP contribution >= 0.6 is 22.9 Å². The maximum Gasteiger partial charge on any atom is 0.232 e. The second kappa shape index (κ2) is 6.90. The number of thiophene rings is 1. The van der Waals surface area contributed by atoms with E-state index in [1.54, 1.807) is 23.5 Å². The van der Waals surface area contributed by atoms with Crippen LogP contribution in [0.5, 0.6) is 11.6 Å². The number of para-hydroxylation sites is 1. The largest absolute Gasteiger partial charge is 0.437 e. The highest BCUT2D eigenvalue weighted by Crippen LogP contribution is 2.42. The van der Waals surface area contributed by atoms with Gasteiger partial charge in [-0.1, -0.05) is 23.7 Å². The first-order valence-corrected chi connectivity index (χ1v) is 10.2. The van der Waals surface area contributed by atoms with Crippen LogP contribution in [-0.4, -0.2) is 9.97 Å². The summed E-state index contributed by atoms with van der Waals surface area (Å²) < 4.78 is 6.19. The predicted molar refractivity (Wildman–Crippen MR) is 111 cm³/mol. The Morgan fingerprint density at radius 2 is 1.86 bits per heavy atom. The van der Waals surface area contributed by atoms with E-state index >= 15 is 0 Å². The highest BCUT2D eigenvalue weighted by atomic mass is 35.5. The number of hydrogen-bond donors (Lipinski definition) is 0. The van der Waals surface area contributed by atoms with Crippen molar-refractivity contribution in [3.8, 4) is 29.1 Å². The third kappa shape index (κ3) is 2.91. The molecule has 0 amide bonds. The molecule has 0 fully saturated rings. The van der Waals surface area contributed by atoms with Crippen LogP contribution in [0.25, 0.3) is 21.6 Å². The van der Waals surface area contributed by atoms with Crippen LogP contribution in [0.4, 0.5) is 0 Å². The fraction of sp³-hybridized carbons (Fsp3) is 0.136. The Labute approximate surface area is 171 Å². The molecule has 2 aromatic carbocycles. The van der Waals surface area contributed by atoms with Gasteiger partial charge in [0, 0.05) is 15.5 Å². The van der Waals surface area contributed by atoms with Gasteiger partial charge < -0.3 is 4.74 Å². The minimum absolute atomic E-state index is 0.481. The number of benzene rings is 2. The zero-order valence-corrected chi connectivity index (χ0v) is 16.3. The first kappa shape index (κ1) is 17.2. The highest BCUT2D eigenvalue weighted by molar-refractivity contribution is 7.19. The molecule has 0 spiro atoms. The first-order valence-electron chi connectivity index (χ1n) is 8.98. The van der Waals surface area contributed by atoms with E-state index < -0.39 is 0 Å². The summed E-state index contributed by atoms with van der Waals surface area (Å²) >= 11 is 7.73. The predicted octanol–water partition coefficient (Wildman–Crippen LogP) is 6.16. The van der Waals surface area contributed by atoms with Crippen LogP contribution in [0.15, 0.2) is 48.5 Å². The number of aryl methyl sites for hydroxylation is 2. The molecule has 0 saturated carbocycles. The summed E-state index contributed by atoms with van der Waals surface area (Å²) in [6.07, 6.45) is 3.22. The molecule has 1 aliphatic rings. The van der Waals surface area contributed by atoms with Crippen molar-refractivity contribution in [3.05, 3.63) is 69.6 Å². The molecule has 0 atom stereocenters. The minimum atomic E-state index is 0.481. The summed E-state index contributed by atoms with van der Waals surface area (Å²) in [7, 11) is 0. The lowest BCUT2D eigenvalue weighted by Crippen LogP contribution is -1.97. The molecule has 1 aliphatic carbocycles. The lowest BCUT2D eigenvalue weighted by Gasteiger charge is -2.10. The third-order valence-electron chi connectivity index (χ3n) is 4.85. The van der Waals surface area contributed by atoms with E-state index in [1.165, 1.54) is 10.4 Å². The molecule has 5 rings (SSSR count). The van der Waals surface area contributed by atoms with Crippen LogP contribution in [-0.2, 0) is 12.8 Å². The first-order chi connectivity index (χ1) is 13.7. The summed E-state index contributed by atoms with van der Waals surface area (Å²) in [5.41, 5.74) is 2.64. The highest BCUT2D eigenvalue weighted by Gasteiger charge is 2.24. The van der Waals surface area contributed by atoms with Gasteiger partial charge in [-0.05, 0) is 61.2 Å². The fourth-order valence-corrected chi connectivity index (χ4v) is 4.89. The van der Waals surface area contributed by atoms with E-state index in [-0.39, 0.29) is 0 Å². The molecular weight excluding hydrogens is 390 g/mol. The SMILES string of the molecule is N#Cc1ccccc1Oc1nc(-c2ccc(Cl)cc2)nc2sc3c(c12)CCC3. The standard InChI is InChI=1S/C22H14ClN3OS/c23-15-10-8-13(9-11-15)20-25-21(27-17-6-2-1-4-14(17)12-24)19-16-5-3-7-18(16)28-22(19)26-20/h1-2,4,6,8-11H,3,5,7H2. The maximum atomic E-state index is 9.41. The van der Waals surface area contributed by atoms with Crippen molar-refractivity contribution in [1.82, 2.24) is 9.97 Å². The van der Waals surface area contributed by atoms with Crippen LogP contribution < -0.4 is 4.74 Å². The summed E-state index contributed by atoms with van der Waals surface area (Å²) in [5.74, 6) is 1.61. The van der Waals surface area contributed by atoms with Crippen LogP contribution in [0.3, 0.4) is 0 Å². The van der Waals surface area contributed by atoms with Crippen molar-refractivity contribution < 1.29 is 4.74 Å². The van der Waals surface area contributed by atoms with Gasteiger partial charge in [-0.3, -0.25) is 0 Å². The average molecular weight is 404 g/mol. The molecule has 0 unspecified atom stereocenters. The molecule has 6 heteroatoms. The topological polar surface area (TPSA) is 58.8 Å². The molecule has 0 bridgehead atoms. The van der Waals surface area contributed by atoms with Gasteiger partial charge in [-0.25, -0.2) is 4.98 Å². The number of nitriles is 1. The quantitative estimate of drug-likeness (QED) is 0.410. The van der Waals surface area contributed by atoms with Crippen molar-refractivity contribution in [2.24, 2.45) is 0 Å². The molecule has 2 aromatic heterocycles. The Morgan fingerprint density at radius 3 is 2.68 bits per heavy atom. The molecular formula is C22H14ClN3OS. The molecule has 28 heavy (non-hydrogen) atoms. The fourth-order valence-electron chi connectivity index (χ4n) is 3.52. The molecule has 0 saturated heterocycles. The van der Waals surface area contributed by atoms with E-state index in [0.717, 1.165) is 35.0 Å². The number of halogens is 1. The second-order valence-corrected chi connectivity index (χ2v) is 8.13.